The zero-order chi connectivity index (χ0) is 30.9. The van der Waals surface area contributed by atoms with E-state index in [2.05, 4.69) is 26.3 Å². The lowest BCUT2D eigenvalue weighted by molar-refractivity contribution is -0.144. The number of carboxylic acid groups (broad SMARTS) is 1. The summed E-state index contributed by atoms with van der Waals surface area (Å²) in [6, 6.07) is 6.84. The van der Waals surface area contributed by atoms with Crippen molar-refractivity contribution < 1.29 is 43.3 Å². The Hall–Kier alpha value is -4.28. The SMILES string of the molecule is NC(N)=NCCC[C@@H]1NC(=O)C2OC3CC(CNC(=O)[C@H](CC(=O)O)NC(=O)CNC1=O)OC3[C@H]2OCc1ccccc1. The lowest BCUT2D eigenvalue weighted by atomic mass is 10.0. The lowest BCUT2D eigenvalue weighted by Gasteiger charge is -2.26. The minimum absolute atomic E-state index is 0.0120. The van der Waals surface area contributed by atoms with Crippen molar-refractivity contribution in [1.29, 1.82) is 0 Å². The number of benzene rings is 1. The number of nitrogens with one attached hydrogen (secondary N) is 4. The molecule has 4 aliphatic rings. The highest BCUT2D eigenvalue weighted by Gasteiger charge is 2.54. The zero-order valence-corrected chi connectivity index (χ0v) is 23.4. The third-order valence-electron chi connectivity index (χ3n) is 7.23. The average molecular weight is 604 g/mol. The summed E-state index contributed by atoms with van der Waals surface area (Å²) in [5.41, 5.74) is 11.6. The smallest absolute Gasteiger partial charge is 0.305 e. The topological polar surface area (TPSA) is 246 Å². The first-order valence-corrected chi connectivity index (χ1v) is 14.0. The Labute approximate surface area is 247 Å². The van der Waals surface area contributed by atoms with Crippen LogP contribution >= 0.6 is 0 Å². The molecule has 16 nitrogen and oxygen atoms in total. The maximum absolute atomic E-state index is 13.5. The van der Waals surface area contributed by atoms with Crippen LogP contribution in [0.1, 0.15) is 31.2 Å². The Balaban J connectivity index is 1.57. The van der Waals surface area contributed by atoms with Gasteiger partial charge in [0.2, 0.25) is 17.7 Å². The van der Waals surface area contributed by atoms with Crippen LogP contribution in [-0.2, 0) is 44.8 Å². The number of rotatable bonds is 9. The number of carboxylic acids is 1. The van der Waals surface area contributed by atoms with Crippen molar-refractivity contribution in [3.8, 4) is 0 Å². The van der Waals surface area contributed by atoms with Gasteiger partial charge >= 0.3 is 5.97 Å². The molecular formula is C27H37N7O9. The van der Waals surface area contributed by atoms with Crippen LogP contribution < -0.4 is 32.7 Å². The second-order valence-electron chi connectivity index (χ2n) is 10.5. The summed E-state index contributed by atoms with van der Waals surface area (Å²) in [6.07, 6.45) is -3.58. The van der Waals surface area contributed by atoms with E-state index in [1.807, 2.05) is 30.3 Å². The van der Waals surface area contributed by atoms with Gasteiger partial charge in [-0.15, -0.1) is 0 Å². The van der Waals surface area contributed by atoms with Crippen molar-refractivity contribution in [3.05, 3.63) is 35.9 Å². The number of fused-ring (bicyclic) bond motifs is 11. The Morgan fingerprint density at radius 2 is 1.74 bits per heavy atom. The summed E-state index contributed by atoms with van der Waals surface area (Å²) >= 11 is 0. The molecule has 9 N–H and O–H groups in total. The van der Waals surface area contributed by atoms with Crippen molar-refractivity contribution in [2.75, 3.05) is 19.6 Å². The molecule has 43 heavy (non-hydrogen) atoms. The third kappa shape index (κ3) is 8.86. The van der Waals surface area contributed by atoms with Crippen LogP contribution in [0.2, 0.25) is 0 Å². The van der Waals surface area contributed by atoms with Gasteiger partial charge in [0.05, 0.1) is 31.8 Å². The number of amides is 4. The highest BCUT2D eigenvalue weighted by molar-refractivity contribution is 5.94. The first-order chi connectivity index (χ1) is 20.6. The molecule has 4 heterocycles. The van der Waals surface area contributed by atoms with Gasteiger partial charge in [-0.3, -0.25) is 29.0 Å². The van der Waals surface area contributed by atoms with Gasteiger partial charge in [-0.2, -0.15) is 0 Å². The number of nitrogens with two attached hydrogens (primary N) is 2. The number of aliphatic imine (C=N–C) groups is 1. The molecular weight excluding hydrogens is 566 g/mol. The number of carbonyl (C=O) groups is 5. The molecule has 0 radical (unpaired) electrons. The molecule has 1 aromatic carbocycles. The van der Waals surface area contributed by atoms with Gasteiger partial charge in [-0.25, -0.2) is 0 Å². The van der Waals surface area contributed by atoms with Crippen LogP contribution in [0.15, 0.2) is 35.3 Å². The third-order valence-corrected chi connectivity index (χ3v) is 7.23. The fraction of sp³-hybridized carbons (Fsp3) is 0.556. The molecule has 7 atom stereocenters. The van der Waals surface area contributed by atoms with Crippen LogP contribution in [0, 0.1) is 0 Å². The van der Waals surface area contributed by atoms with E-state index in [9.17, 15) is 29.1 Å². The van der Waals surface area contributed by atoms with Crippen molar-refractivity contribution >= 4 is 35.6 Å². The standard InChI is InChI=1S/C27H37N7O9/c28-27(29)30-8-4-7-16-24(38)32-12-19(35)33-17(10-20(36)37)25(39)31-11-15-9-18-21(42-15)22(23(43-18)26(40)34-16)41-13-14-5-2-1-3-6-14/h1-3,5-6,15-18,21-23H,4,7-13H2,(H,31,39)(H,32,38)(H,33,35)(H,34,40)(H,36,37)(H4,28,29,30)/t15?,16-,17-,18?,21?,22+,23?/m0/s1. The number of hydrogen-bond acceptors (Lipinski definition) is 9. The number of ether oxygens (including phenoxy) is 3. The molecule has 4 saturated heterocycles. The van der Waals surface area contributed by atoms with Gasteiger partial charge < -0.3 is 52.1 Å². The van der Waals surface area contributed by atoms with E-state index in [0.717, 1.165) is 5.56 Å². The fourth-order valence-corrected chi connectivity index (χ4v) is 5.19. The Kier molecular flexibility index (Phi) is 10.9. The largest absolute Gasteiger partial charge is 0.481 e. The van der Waals surface area contributed by atoms with Gasteiger partial charge in [-0.1, -0.05) is 30.3 Å². The van der Waals surface area contributed by atoms with E-state index in [4.69, 9.17) is 25.7 Å². The zero-order valence-electron chi connectivity index (χ0n) is 23.4. The van der Waals surface area contributed by atoms with E-state index in [1.54, 1.807) is 0 Å². The maximum Gasteiger partial charge on any atom is 0.305 e. The summed E-state index contributed by atoms with van der Waals surface area (Å²) in [4.78, 5) is 67.3. The van der Waals surface area contributed by atoms with Crippen LogP contribution in [0.25, 0.3) is 0 Å². The Morgan fingerprint density at radius 1 is 1.00 bits per heavy atom. The molecule has 1 aromatic rings. The molecule has 0 aromatic heterocycles. The average Bonchev–Trinajstić information content (AvgIpc) is 3.52. The van der Waals surface area contributed by atoms with Gasteiger partial charge in [0, 0.05) is 19.5 Å². The maximum atomic E-state index is 13.5. The molecule has 4 fully saturated rings. The van der Waals surface area contributed by atoms with E-state index in [-0.39, 0.29) is 32.1 Å². The molecule has 4 unspecified atom stereocenters. The molecule has 0 aliphatic carbocycles. The molecule has 0 saturated carbocycles. The van der Waals surface area contributed by atoms with Gasteiger partial charge in [0.1, 0.15) is 24.3 Å². The van der Waals surface area contributed by atoms with Crippen LogP contribution in [0.4, 0.5) is 0 Å². The number of aliphatic carboxylic acids is 1. The molecule has 234 valence electrons. The van der Waals surface area contributed by atoms with Crippen molar-refractivity contribution in [2.45, 2.75) is 74.9 Å². The minimum Gasteiger partial charge on any atom is -0.481 e. The summed E-state index contributed by atoms with van der Waals surface area (Å²) in [6.45, 7) is -0.199. The Morgan fingerprint density at radius 3 is 2.47 bits per heavy atom. The predicted molar refractivity (Wildman–Crippen MR) is 149 cm³/mol. The molecule has 16 heteroatoms. The second-order valence-corrected chi connectivity index (χ2v) is 10.5. The van der Waals surface area contributed by atoms with Gasteiger partial charge in [-0.05, 0) is 18.4 Å². The van der Waals surface area contributed by atoms with E-state index in [0.29, 0.717) is 12.8 Å². The first-order valence-electron chi connectivity index (χ1n) is 14.0. The second kappa shape index (κ2) is 14.8. The number of hydrogen-bond donors (Lipinski definition) is 7. The molecule has 4 aliphatic heterocycles. The van der Waals surface area contributed by atoms with Crippen molar-refractivity contribution in [3.63, 3.8) is 0 Å². The van der Waals surface area contributed by atoms with Crippen LogP contribution in [0.3, 0.4) is 0 Å². The molecule has 0 spiro atoms. The summed E-state index contributed by atoms with van der Waals surface area (Å²) < 4.78 is 18.4. The fourth-order valence-electron chi connectivity index (χ4n) is 5.19. The summed E-state index contributed by atoms with van der Waals surface area (Å²) in [7, 11) is 0. The highest BCUT2D eigenvalue weighted by atomic mass is 16.6. The molecule has 4 bridgehead atoms. The normalized spacial score (nSPS) is 29.6. The van der Waals surface area contributed by atoms with Crippen LogP contribution in [-0.4, -0.2) is 103 Å². The summed E-state index contributed by atoms with van der Waals surface area (Å²) in [5.74, 6) is -4.23. The van der Waals surface area contributed by atoms with Gasteiger partial charge in [0.15, 0.2) is 12.1 Å². The quantitative estimate of drug-likeness (QED) is 0.0659. The Bertz CT molecular complexity index is 1210. The van der Waals surface area contributed by atoms with Crippen LogP contribution in [0.5, 0.6) is 0 Å². The monoisotopic (exact) mass is 603 g/mol. The first kappa shape index (κ1) is 31.7. The van der Waals surface area contributed by atoms with E-state index < -0.39 is 85.2 Å². The molecule has 5 rings (SSSR count). The lowest BCUT2D eigenvalue weighted by Crippen LogP contribution is -2.54. The number of carbonyl (C=O) groups excluding carboxylic acids is 4. The van der Waals surface area contributed by atoms with Gasteiger partial charge in [0.25, 0.3) is 5.91 Å². The number of guanidine groups is 1. The van der Waals surface area contributed by atoms with E-state index in [1.165, 1.54) is 0 Å². The summed E-state index contributed by atoms with van der Waals surface area (Å²) in [5, 5.41) is 19.3. The minimum atomic E-state index is -1.39. The predicted octanol–water partition coefficient (Wildman–Crippen LogP) is -2.76. The highest BCUT2D eigenvalue weighted by Crippen LogP contribution is 2.36. The number of nitrogens with zero attached hydrogens (tertiary/aromatic N) is 1. The van der Waals surface area contributed by atoms with Crippen molar-refractivity contribution in [2.24, 2.45) is 16.5 Å². The van der Waals surface area contributed by atoms with E-state index >= 15 is 0 Å². The molecule has 4 amide bonds. The van der Waals surface area contributed by atoms with Crippen molar-refractivity contribution in [1.82, 2.24) is 21.3 Å².